The Bertz CT molecular complexity index is 1440. The van der Waals surface area contributed by atoms with Gasteiger partial charge in [0.25, 0.3) is 0 Å². The molecule has 1 fully saturated rings. The SMILES string of the molecule is Cc1ccc2c3c1O[C@H]1C(OC(=O)CCC(=O)O[C@@H](CC(=O)OC(C)(C)C)C(=O)OC(C)(C)C)=CC[C@@]4(O)[C@@H](C2)N(C)CC[C@]314. The first-order valence-electron chi connectivity index (χ1n) is 15.6. The lowest BCUT2D eigenvalue weighted by Gasteiger charge is -2.61. The minimum Gasteiger partial charge on any atom is -0.481 e. The molecule has 5 atom stereocenters. The standard InChI is InChI=1S/C34H45NO10/c1-19-9-10-20-17-23-34(40)14-13-21(29-33(34,15-16-35(23)8)27(20)28(19)43-29)41-24(36)11-12-25(37)42-22(30(39)45-32(5,6)7)18-26(38)44-31(2,3)4/h9-10,13,22-23,29,40H,11-12,14-18H2,1-8H3/t22-,23+,29-,33-,34+/m0/s1. The van der Waals surface area contributed by atoms with Crippen LogP contribution in [0.15, 0.2) is 24.0 Å². The highest BCUT2D eigenvalue weighted by atomic mass is 16.6. The molecule has 4 aliphatic rings. The van der Waals surface area contributed by atoms with Gasteiger partial charge in [-0.05, 0) is 92.1 Å². The van der Waals surface area contributed by atoms with Crippen LogP contribution in [0.1, 0.15) is 90.3 Å². The number of hydrogen-bond donors (Lipinski definition) is 1. The molecule has 11 nitrogen and oxygen atoms in total. The van der Waals surface area contributed by atoms with Gasteiger partial charge in [0, 0.05) is 18.0 Å². The van der Waals surface area contributed by atoms with E-state index in [0.29, 0.717) is 25.0 Å². The van der Waals surface area contributed by atoms with Gasteiger partial charge in [-0.15, -0.1) is 0 Å². The van der Waals surface area contributed by atoms with Gasteiger partial charge in [0.1, 0.15) is 22.7 Å². The van der Waals surface area contributed by atoms with E-state index in [4.69, 9.17) is 23.7 Å². The molecule has 0 radical (unpaired) electrons. The van der Waals surface area contributed by atoms with E-state index < -0.39 is 71.1 Å². The van der Waals surface area contributed by atoms with Crippen LogP contribution in [-0.2, 0) is 50.0 Å². The molecule has 1 spiro atoms. The van der Waals surface area contributed by atoms with Gasteiger partial charge >= 0.3 is 23.9 Å². The molecule has 2 heterocycles. The summed E-state index contributed by atoms with van der Waals surface area (Å²) in [6, 6.07) is 4.02. The number of rotatable bonds is 8. The Morgan fingerprint density at radius 3 is 2.36 bits per heavy atom. The first-order valence-corrected chi connectivity index (χ1v) is 15.6. The Kier molecular flexibility index (Phi) is 8.36. The lowest BCUT2D eigenvalue weighted by Crippen LogP contribution is -2.74. The summed E-state index contributed by atoms with van der Waals surface area (Å²) < 4.78 is 28.3. The maximum atomic E-state index is 13.1. The van der Waals surface area contributed by atoms with Crippen molar-refractivity contribution < 1.29 is 48.0 Å². The molecule has 1 aromatic rings. The van der Waals surface area contributed by atoms with Gasteiger partial charge in [-0.25, -0.2) is 4.79 Å². The number of nitrogens with zero attached hydrogens (tertiary/aromatic N) is 1. The molecular weight excluding hydrogens is 582 g/mol. The van der Waals surface area contributed by atoms with Gasteiger partial charge in [-0.1, -0.05) is 12.1 Å². The van der Waals surface area contributed by atoms with Crippen LogP contribution in [0.25, 0.3) is 0 Å². The Balaban J connectivity index is 1.27. The average molecular weight is 628 g/mol. The Labute approximate surface area is 264 Å². The number of piperidine rings is 1. The summed E-state index contributed by atoms with van der Waals surface area (Å²) >= 11 is 0. The predicted molar refractivity (Wildman–Crippen MR) is 161 cm³/mol. The van der Waals surface area contributed by atoms with Gasteiger partial charge in [0.15, 0.2) is 6.10 Å². The molecule has 0 aromatic heterocycles. The highest BCUT2D eigenvalue weighted by Crippen LogP contribution is 2.64. The second-order valence-corrected chi connectivity index (χ2v) is 14.7. The van der Waals surface area contributed by atoms with Gasteiger partial charge in [0.05, 0.1) is 30.3 Å². The first kappa shape index (κ1) is 32.9. The van der Waals surface area contributed by atoms with Crippen molar-refractivity contribution in [3.8, 4) is 5.75 Å². The Morgan fingerprint density at radius 2 is 1.69 bits per heavy atom. The third-order valence-electron chi connectivity index (χ3n) is 9.05. The fraction of sp³-hybridized carbons (Fsp3) is 0.647. The van der Waals surface area contributed by atoms with E-state index in [1.807, 2.05) is 20.0 Å². The van der Waals surface area contributed by atoms with Crippen molar-refractivity contribution in [3.05, 3.63) is 40.7 Å². The summed E-state index contributed by atoms with van der Waals surface area (Å²) in [6.07, 6.45) is -0.120. The number of likely N-dealkylation sites (N-methyl/N-ethyl adjacent to an activating group) is 1. The molecule has 2 aliphatic heterocycles. The van der Waals surface area contributed by atoms with E-state index in [9.17, 15) is 24.3 Å². The molecule has 1 aromatic carbocycles. The number of likely N-dealkylation sites (tertiary alicyclic amines) is 1. The van der Waals surface area contributed by atoms with Crippen molar-refractivity contribution in [2.75, 3.05) is 13.6 Å². The third-order valence-corrected chi connectivity index (χ3v) is 9.05. The van der Waals surface area contributed by atoms with Crippen LogP contribution in [0, 0.1) is 6.92 Å². The summed E-state index contributed by atoms with van der Waals surface area (Å²) in [5.41, 5.74) is -0.429. The summed E-state index contributed by atoms with van der Waals surface area (Å²) in [4.78, 5) is 53.3. The summed E-state index contributed by atoms with van der Waals surface area (Å²) in [5, 5.41) is 12.3. The highest BCUT2D eigenvalue weighted by Gasteiger charge is 2.71. The second kappa shape index (κ2) is 11.4. The van der Waals surface area contributed by atoms with Crippen LogP contribution < -0.4 is 4.74 Å². The topological polar surface area (TPSA) is 138 Å². The number of aliphatic hydroxyl groups is 1. The van der Waals surface area contributed by atoms with Crippen LogP contribution in [0.5, 0.6) is 5.75 Å². The minimum atomic E-state index is -1.54. The zero-order valence-electron chi connectivity index (χ0n) is 27.5. The van der Waals surface area contributed by atoms with Crippen LogP contribution in [0.3, 0.4) is 0 Å². The number of carbonyl (C=O) groups is 4. The summed E-state index contributed by atoms with van der Waals surface area (Å²) in [5.74, 6) is -2.11. The Morgan fingerprint density at radius 1 is 1.02 bits per heavy atom. The van der Waals surface area contributed by atoms with E-state index in [0.717, 1.165) is 29.0 Å². The van der Waals surface area contributed by atoms with Crippen LogP contribution in [0.2, 0.25) is 0 Å². The van der Waals surface area contributed by atoms with Crippen molar-refractivity contribution in [1.82, 2.24) is 4.90 Å². The molecule has 5 rings (SSSR count). The molecular formula is C34H45NO10. The maximum Gasteiger partial charge on any atom is 0.348 e. The van der Waals surface area contributed by atoms with Gasteiger partial charge < -0.3 is 33.7 Å². The van der Waals surface area contributed by atoms with Crippen LogP contribution >= 0.6 is 0 Å². The monoisotopic (exact) mass is 627 g/mol. The molecule has 45 heavy (non-hydrogen) atoms. The normalized spacial score (nSPS) is 27.4. The lowest BCUT2D eigenvalue weighted by atomic mass is 9.50. The number of ether oxygens (including phenoxy) is 5. The zero-order valence-corrected chi connectivity index (χ0v) is 27.5. The lowest BCUT2D eigenvalue weighted by molar-refractivity contribution is -0.181. The van der Waals surface area contributed by atoms with Gasteiger partial charge in [-0.3, -0.25) is 14.4 Å². The van der Waals surface area contributed by atoms with Crippen LogP contribution in [-0.4, -0.2) is 82.5 Å². The third kappa shape index (κ3) is 6.08. The van der Waals surface area contributed by atoms with E-state index in [2.05, 4.69) is 11.0 Å². The minimum absolute atomic E-state index is 0.111. The molecule has 1 saturated heterocycles. The smallest absolute Gasteiger partial charge is 0.348 e. The molecule has 0 unspecified atom stereocenters. The summed E-state index contributed by atoms with van der Waals surface area (Å²) in [6.45, 7) is 12.7. The van der Waals surface area contributed by atoms with E-state index >= 15 is 0 Å². The van der Waals surface area contributed by atoms with E-state index in [1.54, 1.807) is 47.6 Å². The molecule has 1 N–H and O–H groups in total. The first-order chi connectivity index (χ1) is 20.8. The van der Waals surface area contributed by atoms with Gasteiger partial charge in [-0.2, -0.15) is 0 Å². The quantitative estimate of drug-likeness (QED) is 0.334. The number of esters is 4. The largest absolute Gasteiger partial charge is 0.481 e. The average Bonchev–Trinajstić information content (AvgIpc) is 3.26. The van der Waals surface area contributed by atoms with E-state index in [1.165, 1.54) is 0 Å². The number of aryl methyl sites for hydroxylation is 1. The number of benzene rings is 1. The maximum absolute atomic E-state index is 13.1. The highest BCUT2D eigenvalue weighted by molar-refractivity contribution is 5.85. The van der Waals surface area contributed by atoms with Gasteiger partial charge in [0.2, 0.25) is 6.10 Å². The van der Waals surface area contributed by atoms with Crippen molar-refractivity contribution in [2.45, 2.75) is 127 Å². The molecule has 11 heteroatoms. The zero-order chi connectivity index (χ0) is 33.1. The fourth-order valence-electron chi connectivity index (χ4n) is 7.26. The summed E-state index contributed by atoms with van der Waals surface area (Å²) in [7, 11) is 2.03. The Hall–Kier alpha value is -3.44. The molecule has 2 aliphatic carbocycles. The predicted octanol–water partition coefficient (Wildman–Crippen LogP) is 3.58. The number of hydrogen-bond acceptors (Lipinski definition) is 11. The molecule has 2 bridgehead atoms. The second-order valence-electron chi connectivity index (χ2n) is 14.7. The van der Waals surface area contributed by atoms with Crippen molar-refractivity contribution >= 4 is 23.9 Å². The van der Waals surface area contributed by atoms with E-state index in [-0.39, 0.29) is 12.5 Å². The molecule has 0 saturated carbocycles. The fourth-order valence-corrected chi connectivity index (χ4v) is 7.26. The van der Waals surface area contributed by atoms with Crippen molar-refractivity contribution in [1.29, 1.82) is 0 Å². The van der Waals surface area contributed by atoms with Crippen molar-refractivity contribution in [2.24, 2.45) is 0 Å². The molecule has 0 amide bonds. The van der Waals surface area contributed by atoms with Crippen molar-refractivity contribution in [3.63, 3.8) is 0 Å². The van der Waals surface area contributed by atoms with Crippen LogP contribution in [0.4, 0.5) is 0 Å². The number of carbonyl (C=O) groups excluding carboxylic acids is 4. The molecule has 246 valence electrons.